The van der Waals surface area contributed by atoms with E-state index in [1.165, 1.54) is 11.1 Å². The first-order valence-electron chi connectivity index (χ1n) is 7.20. The van der Waals surface area contributed by atoms with Crippen molar-refractivity contribution >= 4 is 5.91 Å². The molecule has 0 radical (unpaired) electrons. The molecule has 0 aliphatic rings. The van der Waals surface area contributed by atoms with Crippen molar-refractivity contribution in [1.82, 2.24) is 5.32 Å². The molecular formula is C18H21NO. The molecule has 0 fully saturated rings. The average Bonchev–Trinajstić information content (AvgIpc) is 2.49. The fourth-order valence-corrected chi connectivity index (χ4v) is 2.10. The summed E-state index contributed by atoms with van der Waals surface area (Å²) >= 11 is 0. The van der Waals surface area contributed by atoms with Crippen LogP contribution in [0.3, 0.4) is 0 Å². The van der Waals surface area contributed by atoms with Crippen LogP contribution in [0.1, 0.15) is 25.3 Å². The number of amides is 1. The second kappa shape index (κ2) is 7.49. The Kier molecular flexibility index (Phi) is 5.36. The third-order valence-corrected chi connectivity index (χ3v) is 3.28. The second-order valence-electron chi connectivity index (χ2n) is 4.94. The van der Waals surface area contributed by atoms with Crippen molar-refractivity contribution in [3.05, 3.63) is 60.2 Å². The van der Waals surface area contributed by atoms with E-state index in [0.29, 0.717) is 6.42 Å². The van der Waals surface area contributed by atoms with Gasteiger partial charge in [0.1, 0.15) is 0 Å². The zero-order valence-corrected chi connectivity index (χ0v) is 11.9. The van der Waals surface area contributed by atoms with Crippen LogP contribution in [0.4, 0.5) is 0 Å². The van der Waals surface area contributed by atoms with Crippen LogP contribution in [0.5, 0.6) is 0 Å². The molecule has 20 heavy (non-hydrogen) atoms. The van der Waals surface area contributed by atoms with Crippen LogP contribution in [0.25, 0.3) is 11.1 Å². The van der Waals surface area contributed by atoms with Crippen molar-refractivity contribution in [2.75, 3.05) is 6.54 Å². The molecule has 1 amide bonds. The van der Waals surface area contributed by atoms with Crippen molar-refractivity contribution in [2.45, 2.75) is 26.2 Å². The Morgan fingerprint density at radius 2 is 1.60 bits per heavy atom. The summed E-state index contributed by atoms with van der Waals surface area (Å²) in [4.78, 5) is 11.7. The molecule has 0 saturated heterocycles. The molecule has 1 N–H and O–H groups in total. The number of unbranched alkanes of at least 4 members (excludes halogenated alkanes) is 1. The van der Waals surface area contributed by atoms with Gasteiger partial charge in [0.15, 0.2) is 0 Å². The molecular weight excluding hydrogens is 246 g/mol. The maximum absolute atomic E-state index is 11.7. The van der Waals surface area contributed by atoms with E-state index in [1.807, 2.05) is 30.3 Å². The molecule has 2 nitrogen and oxygen atoms in total. The first kappa shape index (κ1) is 14.3. The lowest BCUT2D eigenvalue weighted by molar-refractivity contribution is -0.120. The summed E-state index contributed by atoms with van der Waals surface area (Å²) in [5.74, 6) is 0.103. The van der Waals surface area contributed by atoms with Gasteiger partial charge in [0.25, 0.3) is 0 Å². The summed E-state index contributed by atoms with van der Waals surface area (Å²) in [6, 6.07) is 18.5. The third kappa shape index (κ3) is 4.23. The molecule has 0 aliphatic heterocycles. The maximum Gasteiger partial charge on any atom is 0.224 e. The van der Waals surface area contributed by atoms with Gasteiger partial charge in [-0.3, -0.25) is 4.79 Å². The van der Waals surface area contributed by atoms with E-state index >= 15 is 0 Å². The molecule has 0 atom stereocenters. The van der Waals surface area contributed by atoms with Crippen molar-refractivity contribution in [2.24, 2.45) is 0 Å². The topological polar surface area (TPSA) is 29.1 Å². The average molecular weight is 267 g/mol. The summed E-state index contributed by atoms with van der Waals surface area (Å²) in [6.07, 6.45) is 2.60. The predicted octanol–water partition coefficient (Wildman–Crippen LogP) is 3.81. The van der Waals surface area contributed by atoms with Crippen LogP contribution in [-0.4, -0.2) is 12.5 Å². The van der Waals surface area contributed by atoms with Gasteiger partial charge in [0, 0.05) is 6.54 Å². The van der Waals surface area contributed by atoms with Crippen molar-refractivity contribution in [1.29, 1.82) is 0 Å². The Morgan fingerprint density at radius 3 is 2.25 bits per heavy atom. The highest BCUT2D eigenvalue weighted by molar-refractivity contribution is 5.78. The fourth-order valence-electron chi connectivity index (χ4n) is 2.10. The minimum absolute atomic E-state index is 0.103. The summed E-state index contributed by atoms with van der Waals surface area (Å²) in [5, 5.41) is 2.94. The third-order valence-electron chi connectivity index (χ3n) is 3.28. The monoisotopic (exact) mass is 267 g/mol. The number of hydrogen-bond donors (Lipinski definition) is 1. The summed E-state index contributed by atoms with van der Waals surface area (Å²) in [5.41, 5.74) is 3.44. The lowest BCUT2D eigenvalue weighted by Gasteiger charge is -2.06. The Balaban J connectivity index is 1.93. The maximum atomic E-state index is 11.7. The Morgan fingerprint density at radius 1 is 0.950 bits per heavy atom. The molecule has 2 aromatic rings. The van der Waals surface area contributed by atoms with E-state index in [1.54, 1.807) is 0 Å². The number of carbonyl (C=O) groups is 1. The van der Waals surface area contributed by atoms with Crippen molar-refractivity contribution < 1.29 is 4.79 Å². The van der Waals surface area contributed by atoms with Gasteiger partial charge in [-0.15, -0.1) is 0 Å². The van der Waals surface area contributed by atoms with Crippen molar-refractivity contribution in [3.63, 3.8) is 0 Å². The van der Waals surface area contributed by atoms with Gasteiger partial charge in [-0.1, -0.05) is 67.9 Å². The molecule has 104 valence electrons. The first-order valence-corrected chi connectivity index (χ1v) is 7.20. The number of benzene rings is 2. The molecule has 0 heterocycles. The predicted molar refractivity (Wildman–Crippen MR) is 83.5 cm³/mol. The van der Waals surface area contributed by atoms with Gasteiger partial charge in [-0.25, -0.2) is 0 Å². The van der Waals surface area contributed by atoms with Gasteiger partial charge in [0.2, 0.25) is 5.91 Å². The molecule has 0 spiro atoms. The van der Waals surface area contributed by atoms with Gasteiger partial charge in [-0.05, 0) is 23.1 Å². The molecule has 2 aromatic carbocycles. The molecule has 0 bridgehead atoms. The van der Waals surface area contributed by atoms with Gasteiger partial charge >= 0.3 is 0 Å². The lowest BCUT2D eigenvalue weighted by atomic mass is 10.0. The highest BCUT2D eigenvalue weighted by Crippen LogP contribution is 2.19. The Hall–Kier alpha value is -2.09. The minimum Gasteiger partial charge on any atom is -0.356 e. The zero-order valence-electron chi connectivity index (χ0n) is 11.9. The molecule has 2 rings (SSSR count). The normalized spacial score (nSPS) is 10.2. The summed E-state index contributed by atoms with van der Waals surface area (Å²) in [6.45, 7) is 2.89. The van der Waals surface area contributed by atoms with E-state index in [2.05, 4.69) is 36.5 Å². The molecule has 2 heteroatoms. The van der Waals surface area contributed by atoms with E-state index in [4.69, 9.17) is 0 Å². The smallest absolute Gasteiger partial charge is 0.224 e. The van der Waals surface area contributed by atoms with E-state index in [-0.39, 0.29) is 5.91 Å². The van der Waals surface area contributed by atoms with E-state index in [9.17, 15) is 4.79 Å². The number of carbonyl (C=O) groups excluding carboxylic acids is 1. The van der Waals surface area contributed by atoms with Crippen LogP contribution in [0.2, 0.25) is 0 Å². The van der Waals surface area contributed by atoms with Gasteiger partial charge < -0.3 is 5.32 Å². The van der Waals surface area contributed by atoms with E-state index < -0.39 is 0 Å². The molecule has 0 aliphatic carbocycles. The van der Waals surface area contributed by atoms with Crippen LogP contribution in [-0.2, 0) is 11.2 Å². The summed E-state index contributed by atoms with van der Waals surface area (Å²) in [7, 11) is 0. The van der Waals surface area contributed by atoms with Crippen molar-refractivity contribution in [3.8, 4) is 11.1 Å². The fraction of sp³-hybridized carbons (Fsp3) is 0.278. The number of nitrogens with one attached hydrogen (secondary N) is 1. The summed E-state index contributed by atoms with van der Waals surface area (Å²) < 4.78 is 0. The quantitative estimate of drug-likeness (QED) is 0.792. The largest absolute Gasteiger partial charge is 0.356 e. The SMILES string of the molecule is CCCCNC(=O)Cc1ccc(-c2ccccc2)cc1. The standard InChI is InChI=1S/C18H21NO/c1-2-3-13-19-18(20)14-15-9-11-17(12-10-15)16-7-5-4-6-8-16/h4-12H,2-3,13-14H2,1H3,(H,19,20). The molecule has 0 unspecified atom stereocenters. The van der Waals surface area contributed by atoms with Crippen LogP contribution in [0, 0.1) is 0 Å². The van der Waals surface area contributed by atoms with Crippen LogP contribution < -0.4 is 5.32 Å². The highest BCUT2D eigenvalue weighted by atomic mass is 16.1. The second-order valence-corrected chi connectivity index (χ2v) is 4.94. The first-order chi connectivity index (χ1) is 9.79. The molecule has 0 aromatic heterocycles. The Bertz CT molecular complexity index is 531. The van der Waals surface area contributed by atoms with E-state index in [0.717, 1.165) is 24.9 Å². The number of rotatable bonds is 6. The minimum atomic E-state index is 0.103. The zero-order chi connectivity index (χ0) is 14.2. The number of hydrogen-bond acceptors (Lipinski definition) is 1. The van der Waals surface area contributed by atoms with Crippen LogP contribution in [0.15, 0.2) is 54.6 Å². The Labute approximate surface area is 120 Å². The molecule has 0 saturated carbocycles. The lowest BCUT2D eigenvalue weighted by Crippen LogP contribution is -2.25. The van der Waals surface area contributed by atoms with Crippen LogP contribution >= 0.6 is 0 Å². The van der Waals surface area contributed by atoms with Gasteiger partial charge in [-0.2, -0.15) is 0 Å². The highest BCUT2D eigenvalue weighted by Gasteiger charge is 2.03. The van der Waals surface area contributed by atoms with Gasteiger partial charge in [0.05, 0.1) is 6.42 Å².